The Bertz CT molecular complexity index is 645. The number of benzene rings is 1. The molecule has 3 rings (SSSR count). The van der Waals surface area contributed by atoms with Gasteiger partial charge in [-0.3, -0.25) is 9.59 Å². The highest BCUT2D eigenvalue weighted by molar-refractivity contribution is 6.30. The summed E-state index contributed by atoms with van der Waals surface area (Å²) in [5.74, 6) is 0.796. The summed E-state index contributed by atoms with van der Waals surface area (Å²) in [5, 5.41) is 3.81. The fraction of sp³-hybridized carbons (Fsp3) is 0.636. The van der Waals surface area contributed by atoms with Crippen molar-refractivity contribution in [2.24, 2.45) is 11.8 Å². The van der Waals surface area contributed by atoms with Crippen LogP contribution in [-0.4, -0.2) is 35.8 Å². The molecule has 1 heterocycles. The standard InChI is InChI=1S/C22H31ClN2O2/c1-15(2)20(24-21(26)18-5-3-4-6-18)22(27)25-13-11-17(12-14-25)16-7-9-19(23)10-8-16/h7-10,15,17-18,20H,3-6,11-14H2,1-2H3,(H,24,26)/t20-/m1/s1. The number of likely N-dealkylation sites (tertiary alicyclic amines) is 1. The molecule has 27 heavy (non-hydrogen) atoms. The quantitative estimate of drug-likeness (QED) is 0.811. The second-order valence-electron chi connectivity index (χ2n) is 8.36. The molecule has 0 radical (unpaired) electrons. The molecule has 0 spiro atoms. The van der Waals surface area contributed by atoms with Gasteiger partial charge in [0.2, 0.25) is 11.8 Å². The van der Waals surface area contributed by atoms with Gasteiger partial charge in [0, 0.05) is 24.0 Å². The molecule has 2 aliphatic rings. The zero-order valence-corrected chi connectivity index (χ0v) is 17.2. The lowest BCUT2D eigenvalue weighted by Gasteiger charge is -2.36. The SMILES string of the molecule is CC(C)[C@@H](NC(=O)C1CCCC1)C(=O)N1CCC(c2ccc(Cl)cc2)CC1. The van der Waals surface area contributed by atoms with E-state index in [4.69, 9.17) is 11.6 Å². The zero-order chi connectivity index (χ0) is 19.4. The second kappa shape index (κ2) is 9.09. The van der Waals surface area contributed by atoms with Crippen LogP contribution in [0, 0.1) is 11.8 Å². The van der Waals surface area contributed by atoms with E-state index in [1.54, 1.807) is 0 Å². The van der Waals surface area contributed by atoms with Crippen LogP contribution in [0.2, 0.25) is 5.02 Å². The van der Waals surface area contributed by atoms with Crippen LogP contribution in [-0.2, 0) is 9.59 Å². The molecule has 1 aromatic rings. The largest absolute Gasteiger partial charge is 0.344 e. The number of amides is 2. The van der Waals surface area contributed by atoms with E-state index in [0.717, 1.165) is 56.6 Å². The van der Waals surface area contributed by atoms with Crippen molar-refractivity contribution < 1.29 is 9.59 Å². The molecule has 148 valence electrons. The van der Waals surface area contributed by atoms with E-state index >= 15 is 0 Å². The lowest BCUT2D eigenvalue weighted by atomic mass is 9.89. The van der Waals surface area contributed by atoms with Gasteiger partial charge in [-0.15, -0.1) is 0 Å². The molecule has 1 saturated heterocycles. The number of hydrogen-bond acceptors (Lipinski definition) is 2. The first kappa shape index (κ1) is 20.2. The van der Waals surface area contributed by atoms with Crippen molar-refractivity contribution in [1.29, 1.82) is 0 Å². The number of nitrogens with one attached hydrogen (secondary N) is 1. The van der Waals surface area contributed by atoms with Gasteiger partial charge in [-0.2, -0.15) is 0 Å². The third kappa shape index (κ3) is 5.04. The molecular weight excluding hydrogens is 360 g/mol. The summed E-state index contributed by atoms with van der Waals surface area (Å²) < 4.78 is 0. The number of carbonyl (C=O) groups is 2. The third-order valence-electron chi connectivity index (χ3n) is 6.10. The zero-order valence-electron chi connectivity index (χ0n) is 16.4. The molecule has 1 aliphatic carbocycles. The summed E-state index contributed by atoms with van der Waals surface area (Å²) in [4.78, 5) is 27.5. The first-order chi connectivity index (χ1) is 13.0. The molecule has 0 unspecified atom stereocenters. The van der Waals surface area contributed by atoms with Crippen LogP contribution in [0.5, 0.6) is 0 Å². The van der Waals surface area contributed by atoms with Gasteiger partial charge in [0.1, 0.15) is 6.04 Å². The van der Waals surface area contributed by atoms with Crippen molar-refractivity contribution in [2.75, 3.05) is 13.1 Å². The van der Waals surface area contributed by atoms with Gasteiger partial charge in [-0.25, -0.2) is 0 Å². The number of nitrogens with zero attached hydrogens (tertiary/aromatic N) is 1. The van der Waals surface area contributed by atoms with E-state index in [2.05, 4.69) is 17.4 Å². The Hall–Kier alpha value is -1.55. The van der Waals surface area contributed by atoms with Gasteiger partial charge in [0.25, 0.3) is 0 Å². The first-order valence-electron chi connectivity index (χ1n) is 10.3. The van der Waals surface area contributed by atoms with Crippen LogP contribution in [0.4, 0.5) is 0 Å². The number of piperidine rings is 1. The molecule has 5 heteroatoms. The van der Waals surface area contributed by atoms with Crippen LogP contribution in [0.25, 0.3) is 0 Å². The monoisotopic (exact) mass is 390 g/mol. The maximum atomic E-state index is 13.1. The predicted octanol–water partition coefficient (Wildman–Crippen LogP) is 4.38. The number of carbonyl (C=O) groups excluding carboxylic acids is 2. The fourth-order valence-electron chi connectivity index (χ4n) is 4.34. The van der Waals surface area contributed by atoms with E-state index in [0.29, 0.717) is 5.92 Å². The number of rotatable bonds is 5. The summed E-state index contributed by atoms with van der Waals surface area (Å²) in [6, 6.07) is 7.63. The van der Waals surface area contributed by atoms with Crippen LogP contribution in [0.3, 0.4) is 0 Å². The Morgan fingerprint density at radius 1 is 1.04 bits per heavy atom. The molecule has 0 bridgehead atoms. The van der Waals surface area contributed by atoms with E-state index in [1.807, 2.05) is 30.9 Å². The van der Waals surface area contributed by atoms with Gasteiger partial charge in [-0.1, -0.05) is 50.4 Å². The van der Waals surface area contributed by atoms with Gasteiger partial charge in [-0.05, 0) is 55.2 Å². The first-order valence-corrected chi connectivity index (χ1v) is 10.7. The number of hydrogen-bond donors (Lipinski definition) is 1. The lowest BCUT2D eigenvalue weighted by Crippen LogP contribution is -2.53. The van der Waals surface area contributed by atoms with Gasteiger partial charge >= 0.3 is 0 Å². The summed E-state index contributed by atoms with van der Waals surface area (Å²) in [7, 11) is 0. The average molecular weight is 391 g/mol. The van der Waals surface area contributed by atoms with E-state index in [9.17, 15) is 9.59 Å². The molecule has 1 aromatic carbocycles. The summed E-state index contributed by atoms with van der Waals surface area (Å²) >= 11 is 5.98. The molecule has 2 fully saturated rings. The predicted molar refractivity (Wildman–Crippen MR) is 109 cm³/mol. The van der Waals surface area contributed by atoms with Crippen molar-refractivity contribution in [1.82, 2.24) is 10.2 Å². The normalized spacial score (nSPS) is 20.1. The molecule has 1 saturated carbocycles. The van der Waals surface area contributed by atoms with Crippen molar-refractivity contribution in [3.05, 3.63) is 34.9 Å². The highest BCUT2D eigenvalue weighted by Crippen LogP contribution is 2.30. The minimum Gasteiger partial charge on any atom is -0.344 e. The fourth-order valence-corrected chi connectivity index (χ4v) is 4.46. The van der Waals surface area contributed by atoms with E-state index in [-0.39, 0.29) is 23.7 Å². The second-order valence-corrected chi connectivity index (χ2v) is 8.80. The third-order valence-corrected chi connectivity index (χ3v) is 6.36. The minimum absolute atomic E-state index is 0.0654. The lowest BCUT2D eigenvalue weighted by molar-refractivity contribution is -0.139. The van der Waals surface area contributed by atoms with Crippen molar-refractivity contribution in [3.8, 4) is 0 Å². The maximum Gasteiger partial charge on any atom is 0.245 e. The van der Waals surface area contributed by atoms with Crippen molar-refractivity contribution >= 4 is 23.4 Å². The van der Waals surface area contributed by atoms with Gasteiger partial charge in [0.05, 0.1) is 0 Å². The van der Waals surface area contributed by atoms with E-state index < -0.39 is 6.04 Å². The Morgan fingerprint density at radius 2 is 1.63 bits per heavy atom. The van der Waals surface area contributed by atoms with Gasteiger partial charge < -0.3 is 10.2 Å². The Kier molecular flexibility index (Phi) is 6.80. The maximum absolute atomic E-state index is 13.1. The van der Waals surface area contributed by atoms with Crippen molar-refractivity contribution in [3.63, 3.8) is 0 Å². The molecule has 1 aliphatic heterocycles. The van der Waals surface area contributed by atoms with E-state index in [1.165, 1.54) is 5.56 Å². The summed E-state index contributed by atoms with van der Waals surface area (Å²) in [5.41, 5.74) is 1.29. The molecule has 1 atom stereocenters. The Morgan fingerprint density at radius 3 is 2.19 bits per heavy atom. The van der Waals surface area contributed by atoms with Gasteiger partial charge in [0.15, 0.2) is 0 Å². The van der Waals surface area contributed by atoms with Crippen LogP contribution < -0.4 is 5.32 Å². The smallest absolute Gasteiger partial charge is 0.245 e. The molecule has 1 N–H and O–H groups in total. The molecule has 4 nitrogen and oxygen atoms in total. The van der Waals surface area contributed by atoms with Crippen molar-refractivity contribution in [2.45, 2.75) is 64.3 Å². The number of halogens is 1. The highest BCUT2D eigenvalue weighted by Gasteiger charge is 2.33. The molecule has 2 amide bonds. The molecular formula is C22H31ClN2O2. The summed E-state index contributed by atoms with van der Waals surface area (Å²) in [6.07, 6.45) is 6.06. The highest BCUT2D eigenvalue weighted by atomic mass is 35.5. The average Bonchev–Trinajstić information content (AvgIpc) is 3.21. The Balaban J connectivity index is 1.57. The van der Waals surface area contributed by atoms with Crippen LogP contribution in [0.1, 0.15) is 63.9 Å². The Labute approximate surface area is 167 Å². The minimum atomic E-state index is -0.412. The van der Waals surface area contributed by atoms with Crippen LogP contribution in [0.15, 0.2) is 24.3 Å². The van der Waals surface area contributed by atoms with Crippen LogP contribution >= 0.6 is 11.6 Å². The molecule has 0 aromatic heterocycles. The topological polar surface area (TPSA) is 49.4 Å². The summed E-state index contributed by atoms with van der Waals surface area (Å²) in [6.45, 7) is 5.51.